The lowest BCUT2D eigenvalue weighted by Crippen LogP contribution is -2.33. The molecule has 1 aromatic heterocycles. The Morgan fingerprint density at radius 3 is 3.06 bits per heavy atom. The van der Waals surface area contributed by atoms with Crippen LogP contribution in [0, 0.1) is 0 Å². The molecular weight excluding hydrogens is 208 g/mol. The first kappa shape index (κ1) is 12.1. The monoisotopic (exact) mass is 229 g/mol. The molecule has 0 saturated carbocycles. The molecule has 0 amide bonds. The highest BCUT2D eigenvalue weighted by Crippen LogP contribution is 2.30. The number of hydrogen-bond donors (Lipinski definition) is 0. The second-order valence-corrected chi connectivity index (χ2v) is 4.56. The van der Waals surface area contributed by atoms with Gasteiger partial charge in [-0.25, -0.2) is 4.57 Å². The van der Waals surface area contributed by atoms with E-state index >= 15 is 0 Å². The molecule has 0 radical (unpaired) electrons. The molecule has 0 aliphatic carbocycles. The van der Waals surface area contributed by atoms with Gasteiger partial charge in [0.05, 0.1) is 0 Å². The van der Waals surface area contributed by atoms with E-state index in [1.54, 1.807) is 0 Å². The van der Waals surface area contributed by atoms with Crippen LogP contribution in [0.1, 0.15) is 24.4 Å². The first-order chi connectivity index (χ1) is 8.35. The van der Waals surface area contributed by atoms with Crippen molar-refractivity contribution in [2.75, 3.05) is 13.1 Å². The van der Waals surface area contributed by atoms with Gasteiger partial charge in [0.15, 0.2) is 18.9 Å². The molecule has 1 saturated heterocycles. The zero-order valence-corrected chi connectivity index (χ0v) is 10.4. The summed E-state index contributed by atoms with van der Waals surface area (Å²) in [7, 11) is 0. The molecule has 1 aliphatic rings. The maximum Gasteiger partial charge on any atom is 0.173 e. The van der Waals surface area contributed by atoms with Crippen LogP contribution in [-0.4, -0.2) is 18.0 Å². The first-order valence-electron chi connectivity index (χ1n) is 6.30. The smallest absolute Gasteiger partial charge is 0.173 e. The molecule has 1 aromatic rings. The second kappa shape index (κ2) is 5.78. The molecule has 0 spiro atoms. The van der Waals surface area contributed by atoms with Crippen molar-refractivity contribution in [3.05, 3.63) is 55.4 Å². The predicted octanol–water partition coefficient (Wildman–Crippen LogP) is 2.48. The van der Waals surface area contributed by atoms with Crippen molar-refractivity contribution in [3.63, 3.8) is 0 Å². The van der Waals surface area contributed by atoms with Crippen molar-refractivity contribution < 1.29 is 4.57 Å². The summed E-state index contributed by atoms with van der Waals surface area (Å²) >= 11 is 0. The number of rotatable bonds is 5. The van der Waals surface area contributed by atoms with E-state index in [-0.39, 0.29) is 0 Å². The van der Waals surface area contributed by atoms with Gasteiger partial charge in [0, 0.05) is 24.2 Å². The van der Waals surface area contributed by atoms with Crippen LogP contribution in [0.25, 0.3) is 0 Å². The van der Waals surface area contributed by atoms with Crippen molar-refractivity contribution >= 4 is 0 Å². The third-order valence-corrected chi connectivity index (χ3v) is 3.33. The summed E-state index contributed by atoms with van der Waals surface area (Å²) in [6.45, 7) is 10.7. The summed E-state index contributed by atoms with van der Waals surface area (Å²) in [5.74, 6) is 0. The van der Waals surface area contributed by atoms with E-state index in [4.69, 9.17) is 0 Å². The van der Waals surface area contributed by atoms with Gasteiger partial charge in [-0.15, -0.1) is 6.58 Å². The average molecular weight is 229 g/mol. The van der Waals surface area contributed by atoms with Gasteiger partial charge in [-0.2, -0.15) is 0 Å². The predicted molar refractivity (Wildman–Crippen MR) is 70.6 cm³/mol. The highest BCUT2D eigenvalue weighted by Gasteiger charge is 2.26. The Kier molecular flexibility index (Phi) is 4.10. The fourth-order valence-corrected chi connectivity index (χ4v) is 2.59. The van der Waals surface area contributed by atoms with Crippen LogP contribution in [0.15, 0.2) is 49.8 Å². The molecule has 2 rings (SSSR count). The molecule has 1 atom stereocenters. The number of nitrogens with zero attached hydrogens (tertiary/aromatic N) is 2. The molecule has 2 heteroatoms. The van der Waals surface area contributed by atoms with E-state index < -0.39 is 0 Å². The molecule has 17 heavy (non-hydrogen) atoms. The van der Waals surface area contributed by atoms with Crippen LogP contribution in [0.4, 0.5) is 0 Å². The standard InChI is InChI=1S/C15H21N2/c1-3-9-16-11-5-7-14(13-16)15-8-6-12-17(15)10-4-2/h3-5,7,11,13,15H,1-2,6,8-10,12H2/q+1. The zero-order chi connectivity index (χ0) is 12.1. The van der Waals surface area contributed by atoms with E-state index in [2.05, 4.69) is 47.2 Å². The molecule has 1 fully saturated rings. The topological polar surface area (TPSA) is 7.12 Å². The summed E-state index contributed by atoms with van der Waals surface area (Å²) < 4.78 is 2.19. The number of allylic oxidation sites excluding steroid dienone is 1. The lowest BCUT2D eigenvalue weighted by molar-refractivity contribution is -0.687. The van der Waals surface area contributed by atoms with Gasteiger partial charge >= 0.3 is 0 Å². The van der Waals surface area contributed by atoms with E-state index in [0.29, 0.717) is 6.04 Å². The minimum atomic E-state index is 0.560. The van der Waals surface area contributed by atoms with Crippen LogP contribution in [0.5, 0.6) is 0 Å². The Morgan fingerprint density at radius 2 is 2.29 bits per heavy atom. The summed E-state index contributed by atoms with van der Waals surface area (Å²) in [6, 6.07) is 4.92. The van der Waals surface area contributed by atoms with Crippen LogP contribution in [0.2, 0.25) is 0 Å². The number of aromatic nitrogens is 1. The largest absolute Gasteiger partial charge is 0.292 e. The van der Waals surface area contributed by atoms with Crippen LogP contribution in [0.3, 0.4) is 0 Å². The molecule has 0 bridgehead atoms. The van der Waals surface area contributed by atoms with Gasteiger partial charge in [-0.1, -0.05) is 12.7 Å². The zero-order valence-electron chi connectivity index (χ0n) is 10.4. The molecule has 2 nitrogen and oxygen atoms in total. The van der Waals surface area contributed by atoms with Crippen molar-refractivity contribution in [3.8, 4) is 0 Å². The van der Waals surface area contributed by atoms with Crippen LogP contribution in [-0.2, 0) is 6.54 Å². The first-order valence-corrected chi connectivity index (χ1v) is 6.30. The summed E-state index contributed by atoms with van der Waals surface area (Å²) in [5, 5.41) is 0. The second-order valence-electron chi connectivity index (χ2n) is 4.56. The minimum Gasteiger partial charge on any atom is -0.292 e. The normalized spacial score (nSPS) is 20.4. The molecule has 1 unspecified atom stereocenters. The number of hydrogen-bond acceptors (Lipinski definition) is 1. The van der Waals surface area contributed by atoms with Crippen LogP contribution < -0.4 is 4.57 Å². The Labute approximate surface area is 104 Å². The van der Waals surface area contributed by atoms with E-state index in [1.165, 1.54) is 24.9 Å². The molecule has 0 N–H and O–H groups in total. The lowest BCUT2D eigenvalue weighted by atomic mass is 10.1. The number of likely N-dealkylation sites (tertiary alicyclic amines) is 1. The Morgan fingerprint density at radius 1 is 1.41 bits per heavy atom. The maximum atomic E-state index is 3.84. The van der Waals surface area contributed by atoms with Gasteiger partial charge in [0.1, 0.15) is 0 Å². The molecule has 0 aromatic carbocycles. The fraction of sp³-hybridized carbons (Fsp3) is 0.400. The van der Waals surface area contributed by atoms with Gasteiger partial charge < -0.3 is 0 Å². The summed E-state index contributed by atoms with van der Waals surface area (Å²) in [6.07, 6.45) is 10.8. The molecular formula is C15H21N2+. The fourth-order valence-electron chi connectivity index (χ4n) is 2.59. The molecule has 90 valence electrons. The summed E-state index contributed by atoms with van der Waals surface area (Å²) in [4.78, 5) is 2.50. The van der Waals surface area contributed by atoms with Gasteiger partial charge in [-0.05, 0) is 31.5 Å². The van der Waals surface area contributed by atoms with Crippen molar-refractivity contribution in [1.29, 1.82) is 0 Å². The molecule has 2 heterocycles. The van der Waals surface area contributed by atoms with E-state index in [9.17, 15) is 0 Å². The average Bonchev–Trinajstić information content (AvgIpc) is 2.79. The van der Waals surface area contributed by atoms with Crippen molar-refractivity contribution in [2.24, 2.45) is 0 Å². The van der Waals surface area contributed by atoms with Crippen molar-refractivity contribution in [2.45, 2.75) is 25.4 Å². The number of pyridine rings is 1. The van der Waals surface area contributed by atoms with Gasteiger partial charge in [0.2, 0.25) is 0 Å². The van der Waals surface area contributed by atoms with Gasteiger partial charge in [0.25, 0.3) is 0 Å². The Balaban J connectivity index is 2.17. The third-order valence-electron chi connectivity index (χ3n) is 3.33. The minimum absolute atomic E-state index is 0.560. The highest BCUT2D eigenvalue weighted by atomic mass is 15.2. The molecule has 1 aliphatic heterocycles. The Hall–Kier alpha value is -1.41. The quantitative estimate of drug-likeness (QED) is 0.556. The van der Waals surface area contributed by atoms with E-state index in [0.717, 1.165) is 13.1 Å². The van der Waals surface area contributed by atoms with Crippen molar-refractivity contribution in [1.82, 2.24) is 4.90 Å². The highest BCUT2D eigenvalue weighted by molar-refractivity contribution is 5.13. The lowest BCUT2D eigenvalue weighted by Gasteiger charge is -2.22. The van der Waals surface area contributed by atoms with Gasteiger partial charge in [-0.3, -0.25) is 4.90 Å². The van der Waals surface area contributed by atoms with Crippen LogP contribution >= 0.6 is 0 Å². The third kappa shape index (κ3) is 2.83. The maximum absolute atomic E-state index is 3.84. The summed E-state index contributed by atoms with van der Waals surface area (Å²) in [5.41, 5.74) is 1.41. The Bertz CT molecular complexity index is 398. The van der Waals surface area contributed by atoms with E-state index in [1.807, 2.05) is 12.2 Å². The SMILES string of the molecule is C=CCN1CCCC1c1ccc[n+](CC=C)c1.